The number of carbonyl (C=O) groups is 1. The third-order valence-corrected chi connectivity index (χ3v) is 5.18. The van der Waals surface area contributed by atoms with Crippen molar-refractivity contribution in [3.05, 3.63) is 99.9 Å². The topological polar surface area (TPSA) is 65.7 Å². The van der Waals surface area contributed by atoms with Crippen molar-refractivity contribution in [3.63, 3.8) is 0 Å². The predicted molar refractivity (Wildman–Crippen MR) is 117 cm³/mol. The number of benzene rings is 3. The van der Waals surface area contributed by atoms with Crippen molar-refractivity contribution in [1.82, 2.24) is 0 Å². The van der Waals surface area contributed by atoms with Gasteiger partial charge in [0.1, 0.15) is 18.0 Å². The van der Waals surface area contributed by atoms with E-state index in [-0.39, 0.29) is 22.9 Å². The molecule has 4 rings (SSSR count). The highest BCUT2D eigenvalue weighted by Crippen LogP contribution is 2.34. The molecule has 3 aromatic rings. The van der Waals surface area contributed by atoms with Crippen LogP contribution in [-0.4, -0.2) is 11.6 Å². The van der Waals surface area contributed by atoms with Gasteiger partial charge in [0, 0.05) is 5.56 Å². The number of ether oxygens (including phenoxy) is 1. The molecule has 10 heteroatoms. The van der Waals surface area contributed by atoms with Gasteiger partial charge in [0.25, 0.3) is 5.91 Å². The Morgan fingerprint density at radius 3 is 2.17 bits per heavy atom. The van der Waals surface area contributed by atoms with E-state index in [1.54, 1.807) is 48.5 Å². The lowest BCUT2D eigenvalue weighted by Crippen LogP contribution is -2.25. The van der Waals surface area contributed by atoms with Gasteiger partial charge in [-0.25, -0.2) is 22.0 Å². The zero-order valence-corrected chi connectivity index (χ0v) is 18.0. The third-order valence-electron chi connectivity index (χ3n) is 5.18. The first kappa shape index (κ1) is 23.6. The predicted octanol–water partition coefficient (Wildman–Crippen LogP) is 5.64. The second-order valence-electron chi connectivity index (χ2n) is 7.41. The Morgan fingerprint density at radius 1 is 0.943 bits per heavy atom. The molecule has 5 nitrogen and oxygen atoms in total. The van der Waals surface area contributed by atoms with Crippen molar-refractivity contribution >= 4 is 23.4 Å². The maximum absolute atomic E-state index is 14.2. The monoisotopic (exact) mass is 483 g/mol. The minimum atomic E-state index is -2.33. The second kappa shape index (κ2) is 9.38. The third kappa shape index (κ3) is 4.36. The Kier molecular flexibility index (Phi) is 6.34. The van der Waals surface area contributed by atoms with Crippen LogP contribution in [0.15, 0.2) is 59.2 Å². The average molecular weight is 483 g/mol. The summed E-state index contributed by atoms with van der Waals surface area (Å²) in [7, 11) is 0. The number of nitriles is 1. The molecule has 0 aromatic heterocycles. The van der Waals surface area contributed by atoms with Crippen LogP contribution < -0.4 is 9.75 Å². The van der Waals surface area contributed by atoms with Crippen LogP contribution in [0.4, 0.5) is 27.6 Å². The molecular formula is C25H14F5N3O2. The molecule has 176 valence electrons. The normalized spacial score (nSPS) is 14.3. The number of amides is 1. The molecule has 0 bridgehead atoms. The zero-order chi connectivity index (χ0) is 25.3. The summed E-state index contributed by atoms with van der Waals surface area (Å²) >= 11 is 0. The summed E-state index contributed by atoms with van der Waals surface area (Å²) in [5.41, 5.74) is 0.167. The average Bonchev–Trinajstić information content (AvgIpc) is 3.14. The number of hydrogen-bond donors (Lipinski definition) is 0. The SMILES string of the molecule is CC1=NN(c2c(F)c(F)c(F)c(F)c2F)C(=O)/C1=C/c1ccc(OCc2ccccc2C#N)cc1. The molecule has 1 amide bonds. The first-order valence-corrected chi connectivity index (χ1v) is 10.1. The molecule has 0 spiro atoms. The van der Waals surface area contributed by atoms with Gasteiger partial charge in [0.15, 0.2) is 23.3 Å². The van der Waals surface area contributed by atoms with Crippen LogP contribution in [0.5, 0.6) is 5.75 Å². The summed E-state index contributed by atoms with van der Waals surface area (Å²) in [6.45, 7) is 1.52. The largest absolute Gasteiger partial charge is 0.489 e. The highest BCUT2D eigenvalue weighted by molar-refractivity contribution is 6.32. The molecule has 3 aromatic carbocycles. The van der Waals surface area contributed by atoms with Gasteiger partial charge >= 0.3 is 0 Å². The molecule has 0 radical (unpaired) electrons. The number of hydrogen-bond acceptors (Lipinski definition) is 4. The Balaban J connectivity index is 1.55. The van der Waals surface area contributed by atoms with E-state index in [0.717, 1.165) is 0 Å². The first-order chi connectivity index (χ1) is 16.7. The quantitative estimate of drug-likeness (QED) is 0.204. The molecule has 0 unspecified atom stereocenters. The fourth-order valence-corrected chi connectivity index (χ4v) is 3.36. The zero-order valence-electron chi connectivity index (χ0n) is 18.0. The molecule has 0 saturated heterocycles. The number of halogens is 5. The van der Waals surface area contributed by atoms with Crippen LogP contribution in [-0.2, 0) is 11.4 Å². The molecule has 35 heavy (non-hydrogen) atoms. The minimum absolute atomic E-state index is 0.0207. The lowest BCUT2D eigenvalue weighted by atomic mass is 10.1. The van der Waals surface area contributed by atoms with Crippen LogP contribution in [0.1, 0.15) is 23.6 Å². The molecule has 1 aliphatic heterocycles. The van der Waals surface area contributed by atoms with E-state index in [4.69, 9.17) is 10.00 Å². The first-order valence-electron chi connectivity index (χ1n) is 10.1. The lowest BCUT2D eigenvalue weighted by molar-refractivity contribution is -0.114. The van der Waals surface area contributed by atoms with E-state index in [2.05, 4.69) is 11.2 Å². The van der Waals surface area contributed by atoms with Crippen LogP contribution in [0, 0.1) is 40.4 Å². The molecule has 0 aliphatic carbocycles. The number of anilines is 1. The minimum Gasteiger partial charge on any atom is -0.489 e. The molecule has 0 fully saturated rings. The standard InChI is InChI=1S/C25H14F5N3O2/c1-13-18(25(34)33(32-13)24-22(29)20(27)19(26)21(28)23(24)30)10-14-6-8-17(9-7-14)35-12-16-5-3-2-4-15(16)11-31/h2-10H,12H2,1H3/b18-10+. The van der Waals surface area contributed by atoms with E-state index in [9.17, 15) is 26.7 Å². The van der Waals surface area contributed by atoms with Gasteiger partial charge in [0.2, 0.25) is 5.82 Å². The Morgan fingerprint density at radius 2 is 1.54 bits per heavy atom. The Labute approximate surface area is 196 Å². The smallest absolute Gasteiger partial charge is 0.280 e. The van der Waals surface area contributed by atoms with Gasteiger partial charge in [-0.05, 0) is 36.8 Å². The molecule has 0 atom stereocenters. The number of rotatable bonds is 5. The summed E-state index contributed by atoms with van der Waals surface area (Å²) < 4.78 is 74.5. The van der Waals surface area contributed by atoms with Gasteiger partial charge < -0.3 is 4.74 Å². The van der Waals surface area contributed by atoms with Gasteiger partial charge in [-0.3, -0.25) is 4.79 Å². The summed E-state index contributed by atoms with van der Waals surface area (Å²) in [5.74, 6) is -11.6. The highest BCUT2D eigenvalue weighted by atomic mass is 19.2. The van der Waals surface area contributed by atoms with Crippen molar-refractivity contribution in [1.29, 1.82) is 5.26 Å². The summed E-state index contributed by atoms with van der Waals surface area (Å²) in [5, 5.41) is 13.0. The molecular weight excluding hydrogens is 469 g/mol. The number of nitrogens with zero attached hydrogens (tertiary/aromatic N) is 3. The van der Waals surface area contributed by atoms with Gasteiger partial charge in [-0.15, -0.1) is 0 Å². The van der Waals surface area contributed by atoms with Crippen LogP contribution >= 0.6 is 0 Å². The van der Waals surface area contributed by atoms with E-state index in [1.807, 2.05) is 0 Å². The van der Waals surface area contributed by atoms with E-state index >= 15 is 0 Å². The molecule has 0 N–H and O–H groups in total. The summed E-state index contributed by atoms with van der Waals surface area (Å²) in [4.78, 5) is 12.7. The van der Waals surface area contributed by atoms with E-state index in [0.29, 0.717) is 22.4 Å². The molecule has 0 saturated carbocycles. The summed E-state index contributed by atoms with van der Waals surface area (Å²) in [6.07, 6.45) is 1.36. The van der Waals surface area contributed by atoms with Gasteiger partial charge in [-0.2, -0.15) is 15.4 Å². The molecule has 1 heterocycles. The number of hydrazone groups is 1. The van der Waals surface area contributed by atoms with Gasteiger partial charge in [0.05, 0.1) is 22.9 Å². The molecule has 1 aliphatic rings. The lowest BCUT2D eigenvalue weighted by Gasteiger charge is -2.15. The van der Waals surface area contributed by atoms with Crippen molar-refractivity contribution in [2.45, 2.75) is 13.5 Å². The van der Waals surface area contributed by atoms with Crippen LogP contribution in [0.2, 0.25) is 0 Å². The Hall–Kier alpha value is -4.52. The number of carbonyl (C=O) groups excluding carboxylic acids is 1. The van der Waals surface area contributed by atoms with Crippen molar-refractivity contribution < 1.29 is 31.5 Å². The maximum atomic E-state index is 14.2. The fraction of sp³-hybridized carbons (Fsp3) is 0.0800. The second-order valence-corrected chi connectivity index (χ2v) is 7.41. The van der Waals surface area contributed by atoms with E-state index < -0.39 is 40.7 Å². The van der Waals surface area contributed by atoms with Gasteiger partial charge in [-0.1, -0.05) is 30.3 Å². The van der Waals surface area contributed by atoms with Crippen molar-refractivity contribution in [2.24, 2.45) is 5.10 Å². The van der Waals surface area contributed by atoms with Crippen LogP contribution in [0.25, 0.3) is 6.08 Å². The fourth-order valence-electron chi connectivity index (χ4n) is 3.36. The maximum Gasteiger partial charge on any atom is 0.280 e. The Bertz CT molecular complexity index is 1410. The van der Waals surface area contributed by atoms with Crippen molar-refractivity contribution in [3.8, 4) is 11.8 Å². The highest BCUT2D eigenvalue weighted by Gasteiger charge is 2.37. The van der Waals surface area contributed by atoms with E-state index in [1.165, 1.54) is 13.0 Å². The summed E-state index contributed by atoms with van der Waals surface area (Å²) in [6, 6.07) is 15.5. The van der Waals surface area contributed by atoms with Crippen molar-refractivity contribution in [2.75, 3.05) is 5.01 Å². The van der Waals surface area contributed by atoms with Crippen LogP contribution in [0.3, 0.4) is 0 Å².